The van der Waals surface area contributed by atoms with Crippen molar-refractivity contribution >= 4 is 0 Å². The van der Waals surface area contributed by atoms with Crippen LogP contribution in [0.2, 0.25) is 0 Å². The largest absolute Gasteiger partial charge is 0.494 e. The summed E-state index contributed by atoms with van der Waals surface area (Å²) in [5.74, 6) is 1.99. The van der Waals surface area contributed by atoms with Gasteiger partial charge in [0, 0.05) is 25.4 Å². The first kappa shape index (κ1) is 13.6. The molecule has 0 saturated carbocycles. The fourth-order valence-corrected chi connectivity index (χ4v) is 1.92. The number of imidazole rings is 1. The molecule has 0 aliphatic rings. The highest BCUT2D eigenvalue weighted by molar-refractivity contribution is 5.27. The Morgan fingerprint density at radius 1 is 1.26 bits per heavy atom. The molecule has 0 radical (unpaired) electrons. The summed E-state index contributed by atoms with van der Waals surface area (Å²) in [7, 11) is 0. The van der Waals surface area contributed by atoms with Crippen LogP contribution in [-0.2, 0) is 13.0 Å². The van der Waals surface area contributed by atoms with Gasteiger partial charge in [-0.05, 0) is 37.6 Å². The topological polar surface area (TPSA) is 49.9 Å². The molecule has 0 fully saturated rings. The second kappa shape index (κ2) is 7.59. The van der Waals surface area contributed by atoms with Gasteiger partial charge in [-0.25, -0.2) is 4.98 Å². The van der Waals surface area contributed by atoms with Crippen molar-refractivity contribution in [3.05, 3.63) is 48.0 Å². The second-order valence-electron chi connectivity index (χ2n) is 4.39. The summed E-state index contributed by atoms with van der Waals surface area (Å²) >= 11 is 0. The number of aromatic amines is 1. The van der Waals surface area contributed by atoms with Crippen LogP contribution < -0.4 is 10.1 Å². The molecule has 1 aromatic carbocycles. The Balaban J connectivity index is 1.62. The summed E-state index contributed by atoms with van der Waals surface area (Å²) in [5.41, 5.74) is 1.28. The van der Waals surface area contributed by atoms with Crippen LogP contribution in [0.15, 0.2) is 36.7 Å². The summed E-state index contributed by atoms with van der Waals surface area (Å²) < 4.78 is 5.41. The maximum atomic E-state index is 5.41. The van der Waals surface area contributed by atoms with Gasteiger partial charge in [-0.2, -0.15) is 0 Å². The number of hydrogen-bond donors (Lipinski definition) is 2. The predicted molar refractivity (Wildman–Crippen MR) is 76.2 cm³/mol. The number of nitrogens with zero attached hydrogens (tertiary/aromatic N) is 1. The Kier molecular flexibility index (Phi) is 5.44. The number of aryl methyl sites for hydroxylation is 1. The SMILES string of the molecule is CCOc1ccc(CNCCCc2ncc[nH]2)cc1. The van der Waals surface area contributed by atoms with Crippen LogP contribution in [0.5, 0.6) is 5.75 Å². The molecule has 0 unspecified atom stereocenters. The first-order valence-corrected chi connectivity index (χ1v) is 6.79. The van der Waals surface area contributed by atoms with Gasteiger partial charge in [-0.1, -0.05) is 12.1 Å². The Morgan fingerprint density at radius 3 is 2.79 bits per heavy atom. The Bertz CT molecular complexity index is 451. The van der Waals surface area contributed by atoms with E-state index in [1.165, 1.54) is 5.56 Å². The van der Waals surface area contributed by atoms with Crippen molar-refractivity contribution in [2.75, 3.05) is 13.2 Å². The Labute approximate surface area is 114 Å². The zero-order chi connectivity index (χ0) is 13.3. The summed E-state index contributed by atoms with van der Waals surface area (Å²) in [6, 6.07) is 8.24. The Hall–Kier alpha value is -1.81. The minimum atomic E-state index is 0.713. The normalized spacial score (nSPS) is 10.6. The van der Waals surface area contributed by atoms with E-state index in [9.17, 15) is 0 Å². The number of benzene rings is 1. The molecule has 19 heavy (non-hydrogen) atoms. The molecule has 1 heterocycles. The molecule has 2 aromatic rings. The van der Waals surface area contributed by atoms with Crippen molar-refractivity contribution < 1.29 is 4.74 Å². The average molecular weight is 259 g/mol. The zero-order valence-corrected chi connectivity index (χ0v) is 11.4. The monoisotopic (exact) mass is 259 g/mol. The quantitative estimate of drug-likeness (QED) is 0.716. The van der Waals surface area contributed by atoms with Crippen molar-refractivity contribution in [3.8, 4) is 5.75 Å². The summed E-state index contributed by atoms with van der Waals surface area (Å²) in [6.07, 6.45) is 5.74. The first-order valence-electron chi connectivity index (χ1n) is 6.79. The van der Waals surface area contributed by atoms with Crippen LogP contribution >= 0.6 is 0 Å². The van der Waals surface area contributed by atoms with Crippen LogP contribution in [-0.4, -0.2) is 23.1 Å². The highest BCUT2D eigenvalue weighted by Crippen LogP contribution is 2.11. The molecule has 0 saturated heterocycles. The van der Waals surface area contributed by atoms with E-state index in [-0.39, 0.29) is 0 Å². The van der Waals surface area contributed by atoms with Gasteiger partial charge in [0.2, 0.25) is 0 Å². The lowest BCUT2D eigenvalue weighted by atomic mass is 10.2. The summed E-state index contributed by atoms with van der Waals surface area (Å²) in [5, 5.41) is 3.43. The van der Waals surface area contributed by atoms with E-state index in [2.05, 4.69) is 27.4 Å². The molecule has 102 valence electrons. The van der Waals surface area contributed by atoms with Gasteiger partial charge < -0.3 is 15.0 Å². The van der Waals surface area contributed by atoms with E-state index in [0.717, 1.165) is 37.5 Å². The molecule has 1 aromatic heterocycles. The van der Waals surface area contributed by atoms with Gasteiger partial charge in [0.1, 0.15) is 11.6 Å². The van der Waals surface area contributed by atoms with E-state index < -0.39 is 0 Å². The van der Waals surface area contributed by atoms with E-state index >= 15 is 0 Å². The molecule has 0 aliphatic carbocycles. The maximum Gasteiger partial charge on any atom is 0.119 e. The summed E-state index contributed by atoms with van der Waals surface area (Å²) in [4.78, 5) is 7.31. The van der Waals surface area contributed by atoms with E-state index in [0.29, 0.717) is 6.61 Å². The smallest absolute Gasteiger partial charge is 0.119 e. The Morgan fingerprint density at radius 2 is 2.11 bits per heavy atom. The molecule has 0 amide bonds. The third kappa shape index (κ3) is 4.75. The lowest BCUT2D eigenvalue weighted by Gasteiger charge is -2.06. The van der Waals surface area contributed by atoms with Gasteiger partial charge in [-0.3, -0.25) is 0 Å². The van der Waals surface area contributed by atoms with Gasteiger partial charge in [0.25, 0.3) is 0 Å². The van der Waals surface area contributed by atoms with Crippen molar-refractivity contribution in [2.24, 2.45) is 0 Å². The third-order valence-electron chi connectivity index (χ3n) is 2.89. The molecule has 2 N–H and O–H groups in total. The fraction of sp³-hybridized carbons (Fsp3) is 0.400. The minimum absolute atomic E-state index is 0.713. The number of nitrogens with one attached hydrogen (secondary N) is 2. The lowest BCUT2D eigenvalue weighted by Crippen LogP contribution is -2.15. The van der Waals surface area contributed by atoms with Crippen LogP contribution in [0.1, 0.15) is 24.7 Å². The van der Waals surface area contributed by atoms with Crippen LogP contribution in [0, 0.1) is 0 Å². The molecule has 4 nitrogen and oxygen atoms in total. The van der Waals surface area contributed by atoms with E-state index in [1.807, 2.05) is 25.3 Å². The minimum Gasteiger partial charge on any atom is -0.494 e. The molecule has 4 heteroatoms. The zero-order valence-electron chi connectivity index (χ0n) is 11.4. The maximum absolute atomic E-state index is 5.41. The van der Waals surface area contributed by atoms with Crippen molar-refractivity contribution in [1.82, 2.24) is 15.3 Å². The molecule has 0 atom stereocenters. The van der Waals surface area contributed by atoms with E-state index in [1.54, 1.807) is 6.20 Å². The average Bonchev–Trinajstić information content (AvgIpc) is 2.94. The number of ether oxygens (including phenoxy) is 1. The molecule has 0 spiro atoms. The number of aromatic nitrogens is 2. The van der Waals surface area contributed by atoms with Crippen LogP contribution in [0.25, 0.3) is 0 Å². The summed E-state index contributed by atoms with van der Waals surface area (Å²) in [6.45, 7) is 4.59. The van der Waals surface area contributed by atoms with Gasteiger partial charge in [0.05, 0.1) is 6.61 Å². The molecule has 0 bridgehead atoms. The van der Waals surface area contributed by atoms with Crippen molar-refractivity contribution in [1.29, 1.82) is 0 Å². The highest BCUT2D eigenvalue weighted by atomic mass is 16.5. The van der Waals surface area contributed by atoms with Gasteiger partial charge in [-0.15, -0.1) is 0 Å². The number of H-pyrrole nitrogens is 1. The predicted octanol–water partition coefficient (Wildman–Crippen LogP) is 2.53. The van der Waals surface area contributed by atoms with Crippen molar-refractivity contribution in [3.63, 3.8) is 0 Å². The van der Waals surface area contributed by atoms with Crippen LogP contribution in [0.4, 0.5) is 0 Å². The van der Waals surface area contributed by atoms with Crippen molar-refractivity contribution in [2.45, 2.75) is 26.3 Å². The van der Waals surface area contributed by atoms with Crippen LogP contribution in [0.3, 0.4) is 0 Å². The molecular weight excluding hydrogens is 238 g/mol. The molecule has 2 rings (SSSR count). The number of hydrogen-bond acceptors (Lipinski definition) is 3. The first-order chi connectivity index (χ1) is 9.38. The lowest BCUT2D eigenvalue weighted by molar-refractivity contribution is 0.340. The highest BCUT2D eigenvalue weighted by Gasteiger charge is 1.96. The standard InChI is InChI=1S/C15H21N3O/c1-2-19-14-7-5-13(6-8-14)12-16-9-3-4-15-17-10-11-18-15/h5-8,10-11,16H,2-4,9,12H2,1H3,(H,17,18). The fourth-order valence-electron chi connectivity index (χ4n) is 1.92. The molecular formula is C15H21N3O. The van der Waals surface area contributed by atoms with Gasteiger partial charge >= 0.3 is 0 Å². The third-order valence-corrected chi connectivity index (χ3v) is 2.89. The molecule has 0 aliphatic heterocycles. The number of rotatable bonds is 8. The van der Waals surface area contributed by atoms with E-state index in [4.69, 9.17) is 4.74 Å². The van der Waals surface area contributed by atoms with Gasteiger partial charge in [0.15, 0.2) is 0 Å². The second-order valence-corrected chi connectivity index (χ2v) is 4.39.